The van der Waals surface area contributed by atoms with Crippen LogP contribution in [0.1, 0.15) is 0 Å². The van der Waals surface area contributed by atoms with E-state index in [1.54, 1.807) is 0 Å². The number of hydrogen-bond donors (Lipinski definition) is 0. The fourth-order valence-corrected chi connectivity index (χ4v) is 6.15. The highest BCUT2D eigenvalue weighted by Crippen LogP contribution is 2.35. The van der Waals surface area contributed by atoms with Crippen LogP contribution in [0.4, 0.5) is 0 Å². The lowest BCUT2D eigenvalue weighted by atomic mass is 9.99. The quantitative estimate of drug-likeness (QED) is 0.196. The van der Waals surface area contributed by atoms with Gasteiger partial charge in [0.2, 0.25) is 0 Å². The Kier molecular flexibility index (Phi) is 6.35. The Hall–Kier alpha value is -6.53. The molecule has 6 heteroatoms. The van der Waals surface area contributed by atoms with Crippen molar-refractivity contribution >= 4 is 27.6 Å². The zero-order chi connectivity index (χ0) is 31.2. The van der Waals surface area contributed by atoms with Gasteiger partial charge in [0.25, 0.3) is 0 Å². The van der Waals surface area contributed by atoms with Gasteiger partial charge in [0.1, 0.15) is 11.2 Å². The molecule has 0 N–H and O–H groups in total. The second kappa shape index (κ2) is 11.1. The highest BCUT2D eigenvalue weighted by molar-refractivity contribution is 6.09. The van der Waals surface area contributed by atoms with Crippen molar-refractivity contribution in [3.8, 4) is 56.5 Å². The van der Waals surface area contributed by atoms with Crippen molar-refractivity contribution in [1.29, 1.82) is 0 Å². The van der Waals surface area contributed by atoms with Gasteiger partial charge in [0.05, 0.1) is 16.7 Å². The average molecular weight is 603 g/mol. The third-order valence-electron chi connectivity index (χ3n) is 8.46. The molecular formula is C41H26N6. The van der Waals surface area contributed by atoms with E-state index in [2.05, 4.69) is 71.3 Å². The first-order valence-electron chi connectivity index (χ1n) is 15.5. The lowest BCUT2D eigenvalue weighted by Gasteiger charge is -2.10. The molecule has 0 unspecified atom stereocenters. The number of fused-ring (bicyclic) bond motifs is 5. The summed E-state index contributed by atoms with van der Waals surface area (Å²) in [4.78, 5) is 24.8. The molecule has 0 aliphatic carbocycles. The van der Waals surface area contributed by atoms with Crippen LogP contribution in [0.3, 0.4) is 0 Å². The summed E-state index contributed by atoms with van der Waals surface area (Å²) < 4.78 is 2.13. The summed E-state index contributed by atoms with van der Waals surface area (Å²) >= 11 is 0. The van der Waals surface area contributed by atoms with Crippen molar-refractivity contribution in [2.24, 2.45) is 0 Å². The first-order chi connectivity index (χ1) is 23.3. The van der Waals surface area contributed by atoms with Crippen LogP contribution in [-0.2, 0) is 0 Å². The summed E-state index contributed by atoms with van der Waals surface area (Å²) in [5.74, 6) is 1.93. The highest BCUT2D eigenvalue weighted by Gasteiger charge is 2.17. The van der Waals surface area contributed by atoms with E-state index in [0.29, 0.717) is 17.5 Å². The molecule has 0 bridgehead atoms. The Labute approximate surface area is 270 Å². The molecule has 0 spiro atoms. The molecule has 220 valence electrons. The van der Waals surface area contributed by atoms with Crippen LogP contribution in [0.5, 0.6) is 0 Å². The Morgan fingerprint density at radius 3 is 1.64 bits per heavy atom. The Balaban J connectivity index is 1.13. The maximum absolute atomic E-state index is 5.17. The number of rotatable bonds is 5. The van der Waals surface area contributed by atoms with Crippen LogP contribution < -0.4 is 0 Å². The minimum absolute atomic E-state index is 0.633. The first kappa shape index (κ1) is 26.8. The molecule has 0 aliphatic heterocycles. The summed E-state index contributed by atoms with van der Waals surface area (Å²) in [6.07, 6.45) is 2.06. The highest BCUT2D eigenvalue weighted by atomic mass is 15.0. The van der Waals surface area contributed by atoms with Gasteiger partial charge in [0.15, 0.2) is 17.5 Å². The van der Waals surface area contributed by atoms with Crippen LogP contribution >= 0.6 is 0 Å². The van der Waals surface area contributed by atoms with Crippen LogP contribution in [0.2, 0.25) is 0 Å². The lowest BCUT2D eigenvalue weighted by molar-refractivity contribution is 1.07. The van der Waals surface area contributed by atoms with Gasteiger partial charge >= 0.3 is 0 Å². The zero-order valence-electron chi connectivity index (χ0n) is 25.2. The Morgan fingerprint density at radius 1 is 0.383 bits per heavy atom. The van der Waals surface area contributed by atoms with E-state index < -0.39 is 0 Å². The molecule has 0 radical (unpaired) electrons. The van der Waals surface area contributed by atoms with Crippen molar-refractivity contribution in [2.45, 2.75) is 0 Å². The van der Waals surface area contributed by atoms with Gasteiger partial charge in [0, 0.05) is 33.8 Å². The van der Waals surface area contributed by atoms with Gasteiger partial charge in [-0.25, -0.2) is 24.9 Å². The maximum Gasteiger partial charge on any atom is 0.164 e. The number of aromatic nitrogens is 6. The fourth-order valence-electron chi connectivity index (χ4n) is 6.15. The number of imidazole rings is 1. The molecule has 9 rings (SSSR count). The molecule has 0 aliphatic rings. The molecule has 9 aromatic rings. The number of nitrogens with zero attached hydrogens (tertiary/aromatic N) is 6. The average Bonchev–Trinajstić information content (AvgIpc) is 3.55. The predicted molar refractivity (Wildman–Crippen MR) is 189 cm³/mol. The first-order valence-corrected chi connectivity index (χ1v) is 15.5. The van der Waals surface area contributed by atoms with Crippen molar-refractivity contribution in [3.05, 3.63) is 158 Å². The van der Waals surface area contributed by atoms with Crippen molar-refractivity contribution < 1.29 is 0 Å². The predicted octanol–water partition coefficient (Wildman–Crippen LogP) is 9.56. The largest absolute Gasteiger partial charge is 0.298 e. The molecule has 0 saturated carbocycles. The van der Waals surface area contributed by atoms with Crippen molar-refractivity contribution in [3.63, 3.8) is 0 Å². The van der Waals surface area contributed by atoms with Crippen LogP contribution in [0.15, 0.2) is 158 Å². The van der Waals surface area contributed by atoms with E-state index in [4.69, 9.17) is 24.9 Å². The molecular weight excluding hydrogens is 576 g/mol. The number of para-hydroxylation sites is 1. The maximum atomic E-state index is 5.17. The summed E-state index contributed by atoms with van der Waals surface area (Å²) in [7, 11) is 0. The van der Waals surface area contributed by atoms with E-state index in [9.17, 15) is 0 Å². The van der Waals surface area contributed by atoms with Gasteiger partial charge in [-0.2, -0.15) is 0 Å². The molecule has 0 atom stereocenters. The van der Waals surface area contributed by atoms with Crippen molar-refractivity contribution in [2.75, 3.05) is 0 Å². The van der Waals surface area contributed by atoms with Gasteiger partial charge in [-0.1, -0.05) is 127 Å². The lowest BCUT2D eigenvalue weighted by Crippen LogP contribution is -2.00. The summed E-state index contributed by atoms with van der Waals surface area (Å²) in [5, 5.41) is 1.05. The van der Waals surface area contributed by atoms with Gasteiger partial charge in [-0.15, -0.1) is 0 Å². The fraction of sp³-hybridized carbons (Fsp3) is 0. The Bertz CT molecular complexity index is 2500. The SMILES string of the molecule is c1ccc(-c2nc(-c3ccccc3)nc(-c3ccc(-c4cccc(-c5nc6ccccc6c6nc7ccccn7c56)c4)cc3)n2)cc1. The second-order valence-electron chi connectivity index (χ2n) is 11.4. The standard InChI is InChI=1S/C41H26N6/c1-3-12-28(13-4-1)39-44-40(29-14-5-2-6-15-29)46-41(45-39)30-23-21-27(22-24-30)31-16-11-17-32(26-31)36-38-37(33-18-7-8-19-34(33)42-36)43-35-20-9-10-25-47(35)38/h1-26H. The molecule has 4 heterocycles. The van der Waals surface area contributed by atoms with E-state index in [0.717, 1.165) is 66.7 Å². The smallest absolute Gasteiger partial charge is 0.164 e. The molecule has 6 nitrogen and oxygen atoms in total. The van der Waals surface area contributed by atoms with E-state index in [1.807, 2.05) is 91.0 Å². The Morgan fingerprint density at radius 2 is 0.936 bits per heavy atom. The van der Waals surface area contributed by atoms with Gasteiger partial charge in [-0.3, -0.25) is 4.40 Å². The minimum Gasteiger partial charge on any atom is -0.298 e. The third-order valence-corrected chi connectivity index (χ3v) is 8.46. The van der Waals surface area contributed by atoms with Crippen LogP contribution in [0, 0.1) is 0 Å². The third kappa shape index (κ3) is 4.80. The molecule has 0 saturated heterocycles. The van der Waals surface area contributed by atoms with Crippen LogP contribution in [0.25, 0.3) is 84.1 Å². The van der Waals surface area contributed by atoms with Crippen molar-refractivity contribution in [1.82, 2.24) is 29.3 Å². The van der Waals surface area contributed by atoms with Crippen LogP contribution in [-0.4, -0.2) is 29.3 Å². The molecule has 47 heavy (non-hydrogen) atoms. The second-order valence-corrected chi connectivity index (χ2v) is 11.4. The summed E-state index contributed by atoms with van der Waals surface area (Å²) in [6, 6.07) is 51.3. The molecule has 0 fully saturated rings. The van der Waals surface area contributed by atoms with E-state index >= 15 is 0 Å². The van der Waals surface area contributed by atoms with E-state index in [-0.39, 0.29) is 0 Å². The zero-order valence-corrected chi connectivity index (χ0v) is 25.2. The molecule has 0 amide bonds. The molecule has 5 aromatic carbocycles. The monoisotopic (exact) mass is 602 g/mol. The summed E-state index contributed by atoms with van der Waals surface area (Å²) in [6.45, 7) is 0. The topological polar surface area (TPSA) is 68.9 Å². The summed E-state index contributed by atoms with van der Waals surface area (Å²) in [5.41, 5.74) is 10.7. The van der Waals surface area contributed by atoms with Gasteiger partial charge < -0.3 is 0 Å². The van der Waals surface area contributed by atoms with Gasteiger partial charge in [-0.05, 0) is 35.4 Å². The molecule has 4 aromatic heterocycles. The number of pyridine rings is 2. The number of hydrogen-bond acceptors (Lipinski definition) is 5. The van der Waals surface area contributed by atoms with E-state index in [1.165, 1.54) is 0 Å². The normalized spacial score (nSPS) is 11.4. The number of benzene rings is 5. The minimum atomic E-state index is 0.633.